The molecule has 0 spiro atoms. The average Bonchev–Trinajstić information content (AvgIpc) is 2.69. The van der Waals surface area contributed by atoms with Gasteiger partial charge in [0, 0.05) is 6.42 Å². The zero-order valence-corrected chi connectivity index (χ0v) is 14.9. The number of amides is 1. The van der Waals surface area contributed by atoms with Crippen molar-refractivity contribution >= 4 is 11.6 Å². The topological polar surface area (TPSA) is 47.6 Å². The Morgan fingerprint density at radius 3 is 2.52 bits per heavy atom. The molecule has 1 N–H and O–H groups in total. The second-order valence-electron chi connectivity index (χ2n) is 5.95. The second kappa shape index (κ2) is 8.85. The summed E-state index contributed by atoms with van der Waals surface area (Å²) in [5.74, 6) is 1.42. The molecule has 0 aromatic heterocycles. The van der Waals surface area contributed by atoms with E-state index in [4.69, 9.17) is 9.47 Å². The quantitative estimate of drug-likeness (QED) is 0.626. The summed E-state index contributed by atoms with van der Waals surface area (Å²) >= 11 is 0. The van der Waals surface area contributed by atoms with Crippen molar-refractivity contribution in [2.45, 2.75) is 12.8 Å². The minimum atomic E-state index is -0.308. The van der Waals surface area contributed by atoms with Crippen molar-refractivity contribution in [3.63, 3.8) is 0 Å². The molecule has 0 aliphatic carbocycles. The van der Waals surface area contributed by atoms with E-state index >= 15 is 0 Å². The van der Waals surface area contributed by atoms with E-state index in [0.29, 0.717) is 35.8 Å². The van der Waals surface area contributed by atoms with E-state index in [1.54, 1.807) is 31.4 Å². The molecule has 0 saturated carbocycles. The summed E-state index contributed by atoms with van der Waals surface area (Å²) in [7, 11) is 1.57. The van der Waals surface area contributed by atoms with Crippen LogP contribution in [0.15, 0.2) is 72.8 Å². The number of carbonyl (C=O) groups excluding carboxylic acids is 1. The van der Waals surface area contributed by atoms with E-state index < -0.39 is 0 Å². The van der Waals surface area contributed by atoms with Crippen LogP contribution in [0.25, 0.3) is 0 Å². The Labute approximate surface area is 157 Å². The summed E-state index contributed by atoms with van der Waals surface area (Å²) in [6.07, 6.45) is 0.902. The van der Waals surface area contributed by atoms with E-state index in [-0.39, 0.29) is 11.7 Å². The molecule has 0 radical (unpaired) electrons. The standard InChI is InChI=1S/C22H20FNO3/c1-26-21-8-3-2-7-20(21)24-22(25)14-9-16-5-4-6-19(15-16)27-18-12-10-17(23)11-13-18/h2-8,10-13,15H,9,14H2,1H3,(H,24,25). The number of aryl methyl sites for hydroxylation is 1. The van der Waals surface area contributed by atoms with Crippen molar-refractivity contribution in [1.82, 2.24) is 0 Å². The fraction of sp³-hybridized carbons (Fsp3) is 0.136. The fourth-order valence-corrected chi connectivity index (χ4v) is 2.62. The highest BCUT2D eigenvalue weighted by Gasteiger charge is 2.08. The van der Waals surface area contributed by atoms with Gasteiger partial charge >= 0.3 is 0 Å². The zero-order valence-electron chi connectivity index (χ0n) is 14.9. The third-order valence-corrected chi connectivity index (χ3v) is 3.97. The summed E-state index contributed by atoms with van der Waals surface area (Å²) < 4.78 is 23.9. The lowest BCUT2D eigenvalue weighted by atomic mass is 10.1. The van der Waals surface area contributed by atoms with Gasteiger partial charge in [0.15, 0.2) is 0 Å². The van der Waals surface area contributed by atoms with Crippen molar-refractivity contribution in [3.8, 4) is 17.2 Å². The number of halogens is 1. The number of rotatable bonds is 7. The van der Waals surface area contributed by atoms with Crippen molar-refractivity contribution in [3.05, 3.63) is 84.2 Å². The predicted molar refractivity (Wildman–Crippen MR) is 103 cm³/mol. The van der Waals surface area contributed by atoms with Crippen LogP contribution in [0.2, 0.25) is 0 Å². The molecule has 27 heavy (non-hydrogen) atoms. The zero-order chi connectivity index (χ0) is 19.1. The maximum Gasteiger partial charge on any atom is 0.224 e. The fourth-order valence-electron chi connectivity index (χ4n) is 2.62. The van der Waals surface area contributed by atoms with Crippen LogP contribution in [0.1, 0.15) is 12.0 Å². The highest BCUT2D eigenvalue weighted by Crippen LogP contribution is 2.24. The Hall–Kier alpha value is -3.34. The van der Waals surface area contributed by atoms with Gasteiger partial charge < -0.3 is 14.8 Å². The van der Waals surface area contributed by atoms with E-state index in [9.17, 15) is 9.18 Å². The van der Waals surface area contributed by atoms with Crippen LogP contribution in [0.4, 0.5) is 10.1 Å². The molecular formula is C22H20FNO3. The van der Waals surface area contributed by atoms with Crippen molar-refractivity contribution < 1.29 is 18.7 Å². The van der Waals surface area contributed by atoms with Gasteiger partial charge in [-0.1, -0.05) is 24.3 Å². The SMILES string of the molecule is COc1ccccc1NC(=O)CCc1cccc(Oc2ccc(F)cc2)c1. The first-order chi connectivity index (χ1) is 13.1. The molecular weight excluding hydrogens is 345 g/mol. The van der Waals surface area contributed by atoms with Gasteiger partial charge in [0.1, 0.15) is 23.1 Å². The molecule has 3 aromatic carbocycles. The molecule has 138 valence electrons. The first-order valence-electron chi connectivity index (χ1n) is 8.59. The molecule has 0 bridgehead atoms. The molecule has 0 atom stereocenters. The lowest BCUT2D eigenvalue weighted by molar-refractivity contribution is -0.116. The number of methoxy groups -OCH3 is 1. The summed E-state index contributed by atoms with van der Waals surface area (Å²) in [5.41, 5.74) is 1.63. The summed E-state index contributed by atoms with van der Waals surface area (Å²) in [6, 6.07) is 20.6. The predicted octanol–water partition coefficient (Wildman–Crippen LogP) is 5.20. The van der Waals surface area contributed by atoms with Gasteiger partial charge in [0.2, 0.25) is 5.91 Å². The second-order valence-corrected chi connectivity index (χ2v) is 5.95. The van der Waals surface area contributed by atoms with Gasteiger partial charge in [-0.15, -0.1) is 0 Å². The van der Waals surface area contributed by atoms with Crippen molar-refractivity contribution in [1.29, 1.82) is 0 Å². The van der Waals surface area contributed by atoms with E-state index in [1.165, 1.54) is 12.1 Å². The van der Waals surface area contributed by atoms with E-state index in [2.05, 4.69) is 5.32 Å². The lowest BCUT2D eigenvalue weighted by Gasteiger charge is -2.10. The lowest BCUT2D eigenvalue weighted by Crippen LogP contribution is -2.13. The smallest absolute Gasteiger partial charge is 0.224 e. The molecule has 1 amide bonds. The number of benzene rings is 3. The molecule has 0 aliphatic heterocycles. The maximum atomic E-state index is 13.0. The Morgan fingerprint density at radius 1 is 0.963 bits per heavy atom. The average molecular weight is 365 g/mol. The van der Waals surface area contributed by atoms with Crippen LogP contribution in [-0.4, -0.2) is 13.0 Å². The van der Waals surface area contributed by atoms with Gasteiger partial charge in [-0.3, -0.25) is 4.79 Å². The molecule has 0 aliphatic rings. The molecule has 5 heteroatoms. The highest BCUT2D eigenvalue weighted by molar-refractivity contribution is 5.92. The molecule has 3 aromatic rings. The monoisotopic (exact) mass is 365 g/mol. The normalized spacial score (nSPS) is 10.3. The van der Waals surface area contributed by atoms with Crippen LogP contribution in [0.5, 0.6) is 17.2 Å². The maximum absolute atomic E-state index is 13.0. The molecule has 0 fully saturated rings. The molecule has 0 saturated heterocycles. The first-order valence-corrected chi connectivity index (χ1v) is 8.59. The minimum Gasteiger partial charge on any atom is -0.495 e. The van der Waals surface area contributed by atoms with Crippen LogP contribution >= 0.6 is 0 Å². The number of nitrogens with one attached hydrogen (secondary N) is 1. The third kappa shape index (κ3) is 5.31. The number of para-hydroxylation sites is 2. The molecule has 4 nitrogen and oxygen atoms in total. The van der Waals surface area contributed by atoms with Gasteiger partial charge in [-0.05, 0) is 60.5 Å². The summed E-state index contributed by atoms with van der Waals surface area (Å²) in [6.45, 7) is 0. The molecule has 3 rings (SSSR count). The van der Waals surface area contributed by atoms with Crippen LogP contribution in [-0.2, 0) is 11.2 Å². The Bertz CT molecular complexity index is 909. The Morgan fingerprint density at radius 2 is 1.74 bits per heavy atom. The van der Waals surface area contributed by atoms with Gasteiger partial charge in [-0.25, -0.2) is 4.39 Å². The van der Waals surface area contributed by atoms with Gasteiger partial charge in [-0.2, -0.15) is 0 Å². The van der Waals surface area contributed by atoms with Crippen LogP contribution in [0, 0.1) is 5.82 Å². The Kier molecular flexibility index (Phi) is 6.05. The highest BCUT2D eigenvalue weighted by atomic mass is 19.1. The first kappa shape index (κ1) is 18.5. The Balaban J connectivity index is 1.58. The van der Waals surface area contributed by atoms with Gasteiger partial charge in [0.05, 0.1) is 12.8 Å². The molecule has 0 unspecified atom stereocenters. The number of hydrogen-bond donors (Lipinski definition) is 1. The number of ether oxygens (including phenoxy) is 2. The number of anilines is 1. The number of carbonyl (C=O) groups is 1. The van der Waals surface area contributed by atoms with E-state index in [1.807, 2.05) is 36.4 Å². The van der Waals surface area contributed by atoms with Crippen molar-refractivity contribution in [2.24, 2.45) is 0 Å². The third-order valence-electron chi connectivity index (χ3n) is 3.97. The largest absolute Gasteiger partial charge is 0.495 e. The van der Waals surface area contributed by atoms with Crippen LogP contribution < -0.4 is 14.8 Å². The summed E-state index contributed by atoms with van der Waals surface area (Å²) in [5, 5.41) is 2.86. The van der Waals surface area contributed by atoms with Crippen molar-refractivity contribution in [2.75, 3.05) is 12.4 Å². The van der Waals surface area contributed by atoms with Crippen LogP contribution in [0.3, 0.4) is 0 Å². The summed E-state index contributed by atoms with van der Waals surface area (Å²) in [4.78, 5) is 12.2. The molecule has 0 heterocycles. The van der Waals surface area contributed by atoms with Gasteiger partial charge in [0.25, 0.3) is 0 Å². The number of hydrogen-bond acceptors (Lipinski definition) is 3. The van der Waals surface area contributed by atoms with E-state index in [0.717, 1.165) is 5.56 Å². The minimum absolute atomic E-state index is 0.0932.